The number of rotatable bonds is 6. The van der Waals surface area contributed by atoms with Crippen molar-refractivity contribution in [3.8, 4) is 5.75 Å². The number of halogens is 1. The lowest BCUT2D eigenvalue weighted by Crippen LogP contribution is -2.20. The zero-order valence-electron chi connectivity index (χ0n) is 10.0. The zero-order valence-corrected chi connectivity index (χ0v) is 11.6. The van der Waals surface area contributed by atoms with Crippen molar-refractivity contribution in [1.82, 2.24) is 10.6 Å². The minimum absolute atomic E-state index is 0.0211. The first-order valence-electron chi connectivity index (χ1n) is 5.44. The summed E-state index contributed by atoms with van der Waals surface area (Å²) in [6.07, 6.45) is 0.358. The predicted molar refractivity (Wildman–Crippen MR) is 71.1 cm³/mol. The van der Waals surface area contributed by atoms with E-state index in [1.165, 1.54) is 0 Å². The van der Waals surface area contributed by atoms with E-state index < -0.39 is 0 Å². The fraction of sp³-hybridized carbons (Fsp3) is 0.417. The summed E-state index contributed by atoms with van der Waals surface area (Å²) >= 11 is 3.45. The van der Waals surface area contributed by atoms with Gasteiger partial charge in [0.1, 0.15) is 5.75 Å². The average Bonchev–Trinajstić information content (AvgIpc) is 2.32. The van der Waals surface area contributed by atoms with Gasteiger partial charge >= 0.3 is 0 Å². The van der Waals surface area contributed by atoms with Gasteiger partial charge in [0.15, 0.2) is 0 Å². The normalized spacial score (nSPS) is 10.1. The molecule has 0 fully saturated rings. The predicted octanol–water partition coefficient (Wildman–Crippen LogP) is 1.68. The van der Waals surface area contributed by atoms with Crippen LogP contribution in [0.2, 0.25) is 0 Å². The van der Waals surface area contributed by atoms with Gasteiger partial charge in [0.25, 0.3) is 0 Å². The van der Waals surface area contributed by atoms with Crippen LogP contribution in [0.4, 0.5) is 0 Å². The fourth-order valence-corrected chi connectivity index (χ4v) is 1.94. The Morgan fingerprint density at radius 2 is 2.18 bits per heavy atom. The monoisotopic (exact) mass is 300 g/mol. The van der Waals surface area contributed by atoms with Crippen LogP contribution in [0, 0.1) is 0 Å². The van der Waals surface area contributed by atoms with E-state index in [-0.39, 0.29) is 5.91 Å². The maximum absolute atomic E-state index is 11.1. The minimum atomic E-state index is -0.0211. The third-order valence-electron chi connectivity index (χ3n) is 2.27. The molecule has 0 saturated carbocycles. The van der Waals surface area contributed by atoms with E-state index in [1.54, 1.807) is 7.05 Å². The lowest BCUT2D eigenvalue weighted by atomic mass is 10.2. The number of ether oxygens (including phenoxy) is 1. The molecule has 1 aromatic carbocycles. The number of nitrogens with one attached hydrogen (secondary N) is 2. The summed E-state index contributed by atoms with van der Waals surface area (Å²) in [6.45, 7) is 1.10. The highest BCUT2D eigenvalue weighted by atomic mass is 79.9. The van der Waals surface area contributed by atoms with Crippen LogP contribution >= 0.6 is 15.9 Å². The van der Waals surface area contributed by atoms with Crippen molar-refractivity contribution < 1.29 is 9.53 Å². The van der Waals surface area contributed by atoms with Crippen LogP contribution in [0.5, 0.6) is 5.75 Å². The van der Waals surface area contributed by atoms with Crippen molar-refractivity contribution in [3.63, 3.8) is 0 Å². The van der Waals surface area contributed by atoms with Gasteiger partial charge in [-0.2, -0.15) is 0 Å². The van der Waals surface area contributed by atoms with Gasteiger partial charge in [-0.15, -0.1) is 0 Å². The maximum Gasteiger partial charge on any atom is 0.223 e. The molecule has 17 heavy (non-hydrogen) atoms. The molecule has 0 spiro atoms. The lowest BCUT2D eigenvalue weighted by molar-refractivity contribution is -0.121. The van der Waals surface area contributed by atoms with Crippen molar-refractivity contribution in [2.75, 3.05) is 20.7 Å². The summed E-state index contributed by atoms with van der Waals surface area (Å²) in [5.41, 5.74) is 1.07. The Morgan fingerprint density at radius 3 is 2.82 bits per heavy atom. The average molecular weight is 301 g/mol. The molecule has 1 aromatic rings. The third kappa shape index (κ3) is 4.36. The summed E-state index contributed by atoms with van der Waals surface area (Å²) in [7, 11) is 3.50. The van der Waals surface area contributed by atoms with Gasteiger partial charge in [-0.05, 0) is 29.0 Å². The van der Waals surface area contributed by atoms with E-state index in [0.717, 1.165) is 22.3 Å². The molecule has 5 heteroatoms. The summed E-state index contributed by atoms with van der Waals surface area (Å²) < 4.78 is 6.55. The second kappa shape index (κ2) is 7.29. The van der Waals surface area contributed by atoms with Crippen LogP contribution in [0.1, 0.15) is 12.0 Å². The Balaban J connectivity index is 2.65. The van der Waals surface area contributed by atoms with Crippen LogP contribution in [0.15, 0.2) is 22.7 Å². The van der Waals surface area contributed by atoms with Crippen LogP contribution in [0.3, 0.4) is 0 Å². The Hall–Kier alpha value is -1.07. The smallest absolute Gasteiger partial charge is 0.223 e. The summed E-state index contributed by atoms with van der Waals surface area (Å²) in [5, 5.41) is 5.64. The van der Waals surface area contributed by atoms with Gasteiger partial charge in [0, 0.05) is 19.2 Å². The standard InChI is InChI=1S/C12H17BrN2O2/c1-14-8-9-4-3-5-10(13)12(9)17-7-6-11(16)15-2/h3-5,14H,6-8H2,1-2H3,(H,15,16). The molecule has 0 aromatic heterocycles. The highest BCUT2D eigenvalue weighted by Crippen LogP contribution is 2.29. The molecule has 2 N–H and O–H groups in total. The molecule has 94 valence electrons. The summed E-state index contributed by atoms with van der Waals surface area (Å²) in [6, 6.07) is 5.88. The van der Waals surface area contributed by atoms with E-state index in [4.69, 9.17) is 4.74 Å². The number of carbonyl (C=O) groups excluding carboxylic acids is 1. The zero-order chi connectivity index (χ0) is 12.7. The van der Waals surface area contributed by atoms with Gasteiger partial charge in [-0.3, -0.25) is 4.79 Å². The van der Waals surface area contributed by atoms with Crippen molar-refractivity contribution in [2.24, 2.45) is 0 Å². The largest absolute Gasteiger partial charge is 0.492 e. The maximum atomic E-state index is 11.1. The summed E-state index contributed by atoms with van der Waals surface area (Å²) in [4.78, 5) is 11.1. The van der Waals surface area contributed by atoms with Crippen molar-refractivity contribution in [3.05, 3.63) is 28.2 Å². The molecule has 0 radical (unpaired) electrons. The topological polar surface area (TPSA) is 50.4 Å². The first-order valence-corrected chi connectivity index (χ1v) is 6.23. The van der Waals surface area contributed by atoms with Gasteiger partial charge in [-0.1, -0.05) is 12.1 Å². The molecular formula is C12H17BrN2O2. The number of para-hydroxylation sites is 1. The summed E-state index contributed by atoms with van der Waals surface area (Å²) in [5.74, 6) is 0.776. The Bertz CT molecular complexity index is 383. The van der Waals surface area contributed by atoms with E-state index in [1.807, 2.05) is 25.2 Å². The molecule has 0 atom stereocenters. The second-order valence-electron chi connectivity index (χ2n) is 3.53. The van der Waals surface area contributed by atoms with Crippen LogP contribution < -0.4 is 15.4 Å². The van der Waals surface area contributed by atoms with Gasteiger partial charge < -0.3 is 15.4 Å². The highest BCUT2D eigenvalue weighted by Gasteiger charge is 2.08. The Labute approximate surface area is 110 Å². The number of amides is 1. The van der Waals surface area contributed by atoms with E-state index >= 15 is 0 Å². The molecule has 4 nitrogen and oxygen atoms in total. The van der Waals surface area contributed by atoms with E-state index in [9.17, 15) is 4.79 Å². The molecule has 0 saturated heterocycles. The molecule has 1 amide bonds. The quantitative estimate of drug-likeness (QED) is 0.840. The lowest BCUT2D eigenvalue weighted by Gasteiger charge is -2.12. The highest BCUT2D eigenvalue weighted by molar-refractivity contribution is 9.10. The minimum Gasteiger partial charge on any atom is -0.492 e. The van der Waals surface area contributed by atoms with E-state index in [0.29, 0.717) is 13.0 Å². The first-order chi connectivity index (χ1) is 8.19. The van der Waals surface area contributed by atoms with Crippen LogP contribution in [-0.4, -0.2) is 26.6 Å². The molecule has 0 heterocycles. The Morgan fingerprint density at radius 1 is 1.41 bits per heavy atom. The molecule has 0 unspecified atom stereocenters. The van der Waals surface area contributed by atoms with Gasteiger partial charge in [0.2, 0.25) is 5.91 Å². The third-order valence-corrected chi connectivity index (χ3v) is 2.89. The molecule has 1 rings (SSSR count). The number of hydrogen-bond acceptors (Lipinski definition) is 3. The second-order valence-corrected chi connectivity index (χ2v) is 4.38. The van der Waals surface area contributed by atoms with E-state index in [2.05, 4.69) is 26.6 Å². The first kappa shape index (κ1) is 14.0. The Kier molecular flexibility index (Phi) is 6.00. The molecule has 0 aliphatic heterocycles. The van der Waals surface area contributed by atoms with Gasteiger partial charge in [0.05, 0.1) is 17.5 Å². The van der Waals surface area contributed by atoms with Crippen LogP contribution in [0.25, 0.3) is 0 Å². The SMILES string of the molecule is CNCc1cccc(Br)c1OCCC(=O)NC. The van der Waals surface area contributed by atoms with Gasteiger partial charge in [-0.25, -0.2) is 0 Å². The van der Waals surface area contributed by atoms with Crippen molar-refractivity contribution in [2.45, 2.75) is 13.0 Å². The molecule has 0 aliphatic rings. The molecule has 0 aliphatic carbocycles. The number of benzene rings is 1. The number of hydrogen-bond donors (Lipinski definition) is 2. The number of carbonyl (C=O) groups is 1. The molecule has 0 bridgehead atoms. The molecular weight excluding hydrogens is 284 g/mol. The van der Waals surface area contributed by atoms with Crippen LogP contribution in [-0.2, 0) is 11.3 Å². The van der Waals surface area contributed by atoms with Crippen molar-refractivity contribution in [1.29, 1.82) is 0 Å². The van der Waals surface area contributed by atoms with Crippen molar-refractivity contribution >= 4 is 21.8 Å². The fourth-order valence-electron chi connectivity index (χ4n) is 1.42.